The van der Waals surface area contributed by atoms with Gasteiger partial charge in [-0.25, -0.2) is 0 Å². The number of likely N-dealkylation sites (N-methyl/N-ethyl adjacent to an activating group) is 1. The highest BCUT2D eigenvalue weighted by atomic mass is 16.5. The van der Waals surface area contributed by atoms with Gasteiger partial charge in [-0.1, -0.05) is 42.5 Å². The number of hydrogen-bond donors (Lipinski definition) is 1. The van der Waals surface area contributed by atoms with Crippen LogP contribution in [0.15, 0.2) is 78.9 Å². The first-order valence-corrected chi connectivity index (χ1v) is 11.9. The molecule has 1 N–H and O–H groups in total. The summed E-state index contributed by atoms with van der Waals surface area (Å²) in [4.78, 5) is 30.2. The van der Waals surface area contributed by atoms with Gasteiger partial charge in [0.15, 0.2) is 0 Å². The quantitative estimate of drug-likeness (QED) is 0.404. The zero-order chi connectivity index (χ0) is 24.6. The van der Waals surface area contributed by atoms with Crippen LogP contribution >= 0.6 is 0 Å². The largest absolute Gasteiger partial charge is 0.494 e. The first-order valence-electron chi connectivity index (χ1n) is 11.9. The lowest BCUT2D eigenvalue weighted by molar-refractivity contribution is -0.111. The number of amides is 2. The van der Waals surface area contributed by atoms with Crippen molar-refractivity contribution in [3.63, 3.8) is 0 Å². The van der Waals surface area contributed by atoms with Crippen molar-refractivity contribution in [1.29, 1.82) is 0 Å². The number of nitrogens with one attached hydrogen (secondary N) is 1. The fourth-order valence-electron chi connectivity index (χ4n) is 3.98. The Morgan fingerprint density at radius 2 is 1.51 bits per heavy atom. The summed E-state index contributed by atoms with van der Waals surface area (Å²) in [6.45, 7) is 5.76. The highest BCUT2D eigenvalue weighted by molar-refractivity contribution is 6.29. The molecule has 4 rings (SSSR count). The number of rotatable bonds is 7. The molecule has 0 spiro atoms. The van der Waals surface area contributed by atoms with Crippen molar-refractivity contribution in [2.75, 3.05) is 45.2 Å². The van der Waals surface area contributed by atoms with Crippen LogP contribution in [-0.4, -0.2) is 61.4 Å². The number of benzene rings is 3. The second-order valence-corrected chi connectivity index (χ2v) is 8.55. The van der Waals surface area contributed by atoms with E-state index in [2.05, 4.69) is 17.3 Å². The third kappa shape index (κ3) is 6.37. The van der Waals surface area contributed by atoms with Crippen molar-refractivity contribution in [1.82, 2.24) is 9.80 Å². The van der Waals surface area contributed by atoms with E-state index in [1.807, 2.05) is 72.5 Å². The molecule has 3 aromatic carbocycles. The Kier molecular flexibility index (Phi) is 7.95. The topological polar surface area (TPSA) is 61.9 Å². The molecule has 0 atom stereocenters. The number of hydrogen-bond acceptors (Lipinski definition) is 4. The van der Waals surface area contributed by atoms with E-state index in [0.717, 1.165) is 43.1 Å². The summed E-state index contributed by atoms with van der Waals surface area (Å²) in [5, 5.41) is 2.98. The fourth-order valence-corrected chi connectivity index (χ4v) is 3.98. The first kappa shape index (κ1) is 24.2. The van der Waals surface area contributed by atoms with Crippen LogP contribution in [0.25, 0.3) is 11.6 Å². The molecular formula is C29H31N3O3. The van der Waals surface area contributed by atoms with Gasteiger partial charge >= 0.3 is 0 Å². The Labute approximate surface area is 206 Å². The summed E-state index contributed by atoms with van der Waals surface area (Å²) in [5.74, 6) is 0.598. The normalized spacial score (nSPS) is 14.5. The Balaban J connectivity index is 1.50. The van der Waals surface area contributed by atoms with Crippen LogP contribution in [0.5, 0.6) is 5.75 Å². The molecule has 1 heterocycles. The molecule has 180 valence electrons. The Morgan fingerprint density at radius 3 is 2.14 bits per heavy atom. The van der Waals surface area contributed by atoms with Crippen LogP contribution in [0.1, 0.15) is 28.4 Å². The highest BCUT2D eigenvalue weighted by Crippen LogP contribution is 2.23. The third-order valence-electron chi connectivity index (χ3n) is 6.01. The maximum atomic E-state index is 13.3. The van der Waals surface area contributed by atoms with E-state index in [1.165, 1.54) is 0 Å². The SMILES string of the molecule is CCOc1ccc(/C=C(/C(=O)Nc2ccc(C(=O)N3CCN(C)CC3)cc2)c2ccccc2)cc1. The van der Waals surface area contributed by atoms with Crippen LogP contribution in [0.2, 0.25) is 0 Å². The molecular weight excluding hydrogens is 438 g/mol. The molecule has 1 saturated heterocycles. The summed E-state index contributed by atoms with van der Waals surface area (Å²) < 4.78 is 5.52. The van der Waals surface area contributed by atoms with Gasteiger partial charge in [-0.3, -0.25) is 9.59 Å². The number of ether oxygens (including phenoxy) is 1. The molecule has 0 bridgehead atoms. The Bertz CT molecular complexity index is 1160. The summed E-state index contributed by atoms with van der Waals surface area (Å²) >= 11 is 0. The lowest BCUT2D eigenvalue weighted by atomic mass is 10.0. The van der Waals surface area contributed by atoms with Gasteiger partial charge in [-0.15, -0.1) is 0 Å². The molecule has 2 amide bonds. The van der Waals surface area contributed by atoms with E-state index in [-0.39, 0.29) is 11.8 Å². The van der Waals surface area contributed by atoms with Gasteiger partial charge in [0, 0.05) is 43.0 Å². The van der Waals surface area contributed by atoms with E-state index in [4.69, 9.17) is 4.74 Å². The number of anilines is 1. The number of nitrogens with zero attached hydrogens (tertiary/aromatic N) is 2. The van der Waals surface area contributed by atoms with Crippen molar-refractivity contribution in [2.45, 2.75) is 6.92 Å². The van der Waals surface area contributed by atoms with Gasteiger partial charge in [0.1, 0.15) is 5.75 Å². The third-order valence-corrected chi connectivity index (χ3v) is 6.01. The minimum atomic E-state index is -0.219. The summed E-state index contributed by atoms with van der Waals surface area (Å²) in [6, 6.07) is 24.3. The predicted molar refractivity (Wildman–Crippen MR) is 140 cm³/mol. The lowest BCUT2D eigenvalue weighted by Crippen LogP contribution is -2.47. The van der Waals surface area contributed by atoms with Crippen LogP contribution in [0, 0.1) is 0 Å². The Hall–Kier alpha value is -3.90. The molecule has 6 nitrogen and oxygen atoms in total. The van der Waals surface area contributed by atoms with Crippen molar-refractivity contribution < 1.29 is 14.3 Å². The molecule has 0 saturated carbocycles. The molecule has 35 heavy (non-hydrogen) atoms. The van der Waals surface area contributed by atoms with Gasteiger partial charge in [0.05, 0.1) is 6.61 Å². The second kappa shape index (κ2) is 11.5. The maximum Gasteiger partial charge on any atom is 0.256 e. The summed E-state index contributed by atoms with van der Waals surface area (Å²) in [7, 11) is 2.06. The summed E-state index contributed by atoms with van der Waals surface area (Å²) in [6.07, 6.45) is 1.87. The number of carbonyl (C=O) groups is 2. The van der Waals surface area contributed by atoms with Crippen LogP contribution in [-0.2, 0) is 4.79 Å². The molecule has 1 aliphatic heterocycles. The van der Waals surface area contributed by atoms with Crippen LogP contribution in [0.3, 0.4) is 0 Å². The zero-order valence-electron chi connectivity index (χ0n) is 20.2. The van der Waals surface area contributed by atoms with Crippen molar-refractivity contribution in [3.8, 4) is 5.75 Å². The second-order valence-electron chi connectivity index (χ2n) is 8.55. The van der Waals surface area contributed by atoms with E-state index in [1.54, 1.807) is 24.3 Å². The fraction of sp³-hybridized carbons (Fsp3) is 0.241. The van der Waals surface area contributed by atoms with Gasteiger partial charge in [0.25, 0.3) is 11.8 Å². The van der Waals surface area contributed by atoms with Crippen LogP contribution < -0.4 is 10.1 Å². The molecule has 0 radical (unpaired) electrons. The van der Waals surface area contributed by atoms with E-state index >= 15 is 0 Å². The summed E-state index contributed by atoms with van der Waals surface area (Å²) in [5.41, 5.74) is 3.53. The minimum Gasteiger partial charge on any atom is -0.494 e. The average molecular weight is 470 g/mol. The van der Waals surface area contributed by atoms with Crippen LogP contribution in [0.4, 0.5) is 5.69 Å². The molecule has 3 aromatic rings. The maximum absolute atomic E-state index is 13.3. The number of piperazine rings is 1. The zero-order valence-corrected chi connectivity index (χ0v) is 20.2. The molecule has 1 fully saturated rings. The van der Waals surface area contributed by atoms with Crippen molar-refractivity contribution in [2.24, 2.45) is 0 Å². The average Bonchev–Trinajstić information content (AvgIpc) is 2.89. The van der Waals surface area contributed by atoms with Gasteiger partial charge in [-0.2, -0.15) is 0 Å². The molecule has 0 aliphatic carbocycles. The van der Waals surface area contributed by atoms with Crippen molar-refractivity contribution in [3.05, 3.63) is 95.6 Å². The lowest BCUT2D eigenvalue weighted by Gasteiger charge is -2.32. The molecule has 1 aliphatic rings. The van der Waals surface area contributed by atoms with E-state index in [9.17, 15) is 9.59 Å². The smallest absolute Gasteiger partial charge is 0.256 e. The molecule has 6 heteroatoms. The molecule has 0 aromatic heterocycles. The predicted octanol–water partition coefficient (Wildman–Crippen LogP) is 4.65. The number of carbonyl (C=O) groups excluding carboxylic acids is 2. The van der Waals surface area contributed by atoms with E-state index < -0.39 is 0 Å². The van der Waals surface area contributed by atoms with E-state index in [0.29, 0.717) is 23.4 Å². The van der Waals surface area contributed by atoms with Gasteiger partial charge < -0.3 is 19.9 Å². The minimum absolute atomic E-state index is 0.0244. The monoisotopic (exact) mass is 469 g/mol. The molecule has 0 unspecified atom stereocenters. The van der Waals surface area contributed by atoms with Crippen molar-refractivity contribution >= 4 is 29.2 Å². The van der Waals surface area contributed by atoms with Gasteiger partial charge in [-0.05, 0) is 67.6 Å². The van der Waals surface area contributed by atoms with Gasteiger partial charge in [0.2, 0.25) is 0 Å². The Morgan fingerprint density at radius 1 is 0.857 bits per heavy atom. The first-order chi connectivity index (χ1) is 17.0. The highest BCUT2D eigenvalue weighted by Gasteiger charge is 2.20. The standard InChI is InChI=1S/C29H31N3O3/c1-3-35-26-15-9-22(10-16-26)21-27(23-7-5-4-6-8-23)28(33)30-25-13-11-24(12-14-25)29(34)32-19-17-31(2)18-20-32/h4-16,21H,3,17-20H2,1-2H3,(H,30,33)/b27-21+.